The number of hydrogen-bond donors (Lipinski definition) is 1. The van der Waals surface area contributed by atoms with Gasteiger partial charge in [-0.05, 0) is 31.5 Å². The molecule has 1 fully saturated rings. The van der Waals surface area contributed by atoms with Crippen LogP contribution in [0.15, 0.2) is 18.2 Å². The summed E-state index contributed by atoms with van der Waals surface area (Å²) in [5.41, 5.74) is 0.0961. The number of benzene rings is 1. The second-order valence-electron chi connectivity index (χ2n) is 5.24. The van der Waals surface area contributed by atoms with E-state index in [9.17, 15) is 14.9 Å². The van der Waals surface area contributed by atoms with Crippen LogP contribution in [0.25, 0.3) is 0 Å². The molecule has 1 amide bonds. The lowest BCUT2D eigenvalue weighted by molar-refractivity contribution is -0.385. The molecule has 0 saturated carbocycles. The number of carbonyl (C=O) groups excluding carboxylic acids is 1. The molecule has 0 aromatic heterocycles. The molecule has 7 heteroatoms. The Morgan fingerprint density at radius 1 is 1.52 bits per heavy atom. The maximum Gasteiger partial charge on any atom is 0.311 e. The van der Waals surface area contributed by atoms with Crippen molar-refractivity contribution in [1.29, 1.82) is 0 Å². The van der Waals surface area contributed by atoms with E-state index in [0.717, 1.165) is 19.4 Å². The van der Waals surface area contributed by atoms with E-state index in [4.69, 9.17) is 4.74 Å². The number of rotatable bonds is 5. The van der Waals surface area contributed by atoms with Gasteiger partial charge in [-0.3, -0.25) is 14.9 Å². The molecule has 1 aliphatic heterocycles. The monoisotopic (exact) mass is 293 g/mol. The molecule has 2 rings (SSSR count). The molecule has 0 spiro atoms. The second kappa shape index (κ2) is 6.53. The van der Waals surface area contributed by atoms with Crippen molar-refractivity contribution in [1.82, 2.24) is 10.2 Å². The van der Waals surface area contributed by atoms with Gasteiger partial charge >= 0.3 is 5.69 Å². The Morgan fingerprint density at radius 2 is 2.29 bits per heavy atom. The van der Waals surface area contributed by atoms with Gasteiger partial charge in [0.05, 0.1) is 4.92 Å². The lowest BCUT2D eigenvalue weighted by Crippen LogP contribution is -2.28. The average Bonchev–Trinajstić information content (AvgIpc) is 2.97. The molecule has 0 bridgehead atoms. The van der Waals surface area contributed by atoms with Crippen LogP contribution in [0.5, 0.6) is 5.75 Å². The van der Waals surface area contributed by atoms with E-state index in [1.54, 1.807) is 20.2 Å². The molecular formula is C14H19N3O4. The van der Waals surface area contributed by atoms with E-state index in [2.05, 4.69) is 5.32 Å². The third-order valence-corrected chi connectivity index (χ3v) is 3.41. The molecule has 1 aliphatic rings. The van der Waals surface area contributed by atoms with Gasteiger partial charge in [-0.2, -0.15) is 0 Å². The zero-order chi connectivity index (χ0) is 15.4. The Kier molecular flexibility index (Phi) is 4.74. The Balaban J connectivity index is 2.16. The maximum absolute atomic E-state index is 11.9. The van der Waals surface area contributed by atoms with Crippen LogP contribution in [0.2, 0.25) is 0 Å². The van der Waals surface area contributed by atoms with Crippen molar-refractivity contribution in [3.63, 3.8) is 0 Å². The van der Waals surface area contributed by atoms with Crippen LogP contribution in [0.1, 0.15) is 23.2 Å². The van der Waals surface area contributed by atoms with Gasteiger partial charge < -0.3 is 15.0 Å². The van der Waals surface area contributed by atoms with Crippen molar-refractivity contribution >= 4 is 11.6 Å². The van der Waals surface area contributed by atoms with Crippen molar-refractivity contribution in [3.8, 4) is 5.75 Å². The van der Waals surface area contributed by atoms with Crippen molar-refractivity contribution in [2.24, 2.45) is 0 Å². The van der Waals surface area contributed by atoms with Crippen LogP contribution in [0.4, 0.5) is 5.69 Å². The lowest BCUT2D eigenvalue weighted by atomic mass is 10.1. The van der Waals surface area contributed by atoms with Gasteiger partial charge in [0, 0.05) is 31.8 Å². The maximum atomic E-state index is 11.9. The SMILES string of the molecule is CN(C)C(=O)c1ccc(OCC2CCCN2)c([N+](=O)[O-])c1. The third-order valence-electron chi connectivity index (χ3n) is 3.41. The molecular weight excluding hydrogens is 274 g/mol. The van der Waals surface area contributed by atoms with Crippen LogP contribution < -0.4 is 10.1 Å². The van der Waals surface area contributed by atoms with E-state index >= 15 is 0 Å². The van der Waals surface area contributed by atoms with E-state index in [1.165, 1.54) is 17.0 Å². The standard InChI is InChI=1S/C14H19N3O4/c1-16(2)14(18)10-5-6-13(12(8-10)17(19)20)21-9-11-4-3-7-15-11/h5-6,8,11,15H,3-4,7,9H2,1-2H3. The van der Waals surface area contributed by atoms with E-state index < -0.39 is 4.92 Å². The molecule has 1 aromatic rings. The highest BCUT2D eigenvalue weighted by Gasteiger charge is 2.21. The van der Waals surface area contributed by atoms with Gasteiger partial charge in [-0.25, -0.2) is 0 Å². The molecule has 0 aliphatic carbocycles. The molecule has 1 unspecified atom stereocenters. The first-order chi connectivity index (χ1) is 9.99. The van der Waals surface area contributed by atoms with Crippen molar-refractivity contribution in [2.75, 3.05) is 27.2 Å². The highest BCUT2D eigenvalue weighted by atomic mass is 16.6. The number of nitro groups is 1. The Morgan fingerprint density at radius 3 is 2.86 bits per heavy atom. The summed E-state index contributed by atoms with van der Waals surface area (Å²) in [6.07, 6.45) is 2.09. The number of amides is 1. The molecule has 114 valence electrons. The topological polar surface area (TPSA) is 84.7 Å². The van der Waals surface area contributed by atoms with Crippen molar-refractivity contribution in [3.05, 3.63) is 33.9 Å². The summed E-state index contributed by atoms with van der Waals surface area (Å²) in [6, 6.07) is 4.53. The predicted octanol–water partition coefficient (Wildman–Crippen LogP) is 1.43. The normalized spacial score (nSPS) is 17.5. The molecule has 1 aromatic carbocycles. The van der Waals surface area contributed by atoms with Crippen LogP contribution in [-0.2, 0) is 0 Å². The number of hydrogen-bond acceptors (Lipinski definition) is 5. The smallest absolute Gasteiger partial charge is 0.311 e. The molecule has 1 atom stereocenters. The van der Waals surface area contributed by atoms with Crippen molar-refractivity contribution < 1.29 is 14.5 Å². The highest BCUT2D eigenvalue weighted by molar-refractivity contribution is 5.94. The van der Waals surface area contributed by atoms with Gasteiger partial charge in [0.1, 0.15) is 6.61 Å². The summed E-state index contributed by atoms with van der Waals surface area (Å²) in [6.45, 7) is 1.34. The zero-order valence-corrected chi connectivity index (χ0v) is 12.2. The first kappa shape index (κ1) is 15.2. The molecule has 7 nitrogen and oxygen atoms in total. The quantitative estimate of drug-likeness (QED) is 0.655. The van der Waals surface area contributed by atoms with Crippen LogP contribution in [0, 0.1) is 10.1 Å². The first-order valence-electron chi connectivity index (χ1n) is 6.85. The Labute approximate surface area is 123 Å². The number of nitrogens with one attached hydrogen (secondary N) is 1. The molecule has 1 heterocycles. The summed E-state index contributed by atoms with van der Waals surface area (Å²) < 4.78 is 5.55. The third kappa shape index (κ3) is 3.69. The minimum absolute atomic E-state index is 0.180. The van der Waals surface area contributed by atoms with E-state index in [-0.39, 0.29) is 28.9 Å². The van der Waals surface area contributed by atoms with E-state index in [0.29, 0.717) is 6.61 Å². The van der Waals surface area contributed by atoms with Crippen LogP contribution in [0.3, 0.4) is 0 Å². The average molecular weight is 293 g/mol. The molecule has 1 saturated heterocycles. The number of nitro benzene ring substituents is 1. The van der Waals surface area contributed by atoms with Crippen LogP contribution >= 0.6 is 0 Å². The zero-order valence-electron chi connectivity index (χ0n) is 12.2. The summed E-state index contributed by atoms with van der Waals surface area (Å²) in [5.74, 6) is -0.0777. The fraction of sp³-hybridized carbons (Fsp3) is 0.500. The minimum atomic E-state index is -0.524. The summed E-state index contributed by atoms with van der Waals surface area (Å²) in [5, 5.41) is 14.4. The van der Waals surface area contributed by atoms with Gasteiger partial charge in [0.25, 0.3) is 5.91 Å². The highest BCUT2D eigenvalue weighted by Crippen LogP contribution is 2.28. The molecule has 1 N–H and O–H groups in total. The first-order valence-corrected chi connectivity index (χ1v) is 6.85. The summed E-state index contributed by atoms with van der Waals surface area (Å²) >= 11 is 0. The minimum Gasteiger partial charge on any atom is -0.485 e. The van der Waals surface area contributed by atoms with Gasteiger partial charge in [0.15, 0.2) is 5.75 Å². The van der Waals surface area contributed by atoms with Gasteiger partial charge in [0.2, 0.25) is 0 Å². The largest absolute Gasteiger partial charge is 0.485 e. The fourth-order valence-electron chi connectivity index (χ4n) is 2.26. The van der Waals surface area contributed by atoms with Gasteiger partial charge in [-0.1, -0.05) is 0 Å². The second-order valence-corrected chi connectivity index (χ2v) is 5.24. The van der Waals surface area contributed by atoms with E-state index in [1.807, 2.05) is 0 Å². The lowest BCUT2D eigenvalue weighted by Gasteiger charge is -2.14. The number of carbonyl (C=O) groups is 1. The summed E-state index contributed by atoms with van der Waals surface area (Å²) in [7, 11) is 3.20. The Hall–Kier alpha value is -2.15. The molecule has 21 heavy (non-hydrogen) atoms. The number of nitrogens with zero attached hydrogens (tertiary/aromatic N) is 2. The van der Waals surface area contributed by atoms with Crippen molar-refractivity contribution in [2.45, 2.75) is 18.9 Å². The number of ether oxygens (including phenoxy) is 1. The van der Waals surface area contributed by atoms with Crippen LogP contribution in [-0.4, -0.2) is 49.0 Å². The van der Waals surface area contributed by atoms with Gasteiger partial charge in [-0.15, -0.1) is 0 Å². The Bertz CT molecular complexity index is 539. The molecule has 0 radical (unpaired) electrons. The fourth-order valence-corrected chi connectivity index (χ4v) is 2.26. The predicted molar refractivity (Wildman–Crippen MR) is 77.6 cm³/mol. The summed E-state index contributed by atoms with van der Waals surface area (Å²) in [4.78, 5) is 23.9.